The molecule has 2 unspecified atom stereocenters. The summed E-state index contributed by atoms with van der Waals surface area (Å²) in [7, 11) is 0. The van der Waals surface area contributed by atoms with Gasteiger partial charge in [-0.05, 0) is 31.7 Å². The average Bonchev–Trinajstić information content (AvgIpc) is 2.95. The van der Waals surface area contributed by atoms with Crippen molar-refractivity contribution in [1.82, 2.24) is 4.90 Å². The van der Waals surface area contributed by atoms with E-state index in [1.807, 2.05) is 6.26 Å². The van der Waals surface area contributed by atoms with Gasteiger partial charge in [0.15, 0.2) is 5.76 Å². The summed E-state index contributed by atoms with van der Waals surface area (Å²) in [6.45, 7) is 2.24. The van der Waals surface area contributed by atoms with Gasteiger partial charge in [-0.15, -0.1) is 0 Å². The van der Waals surface area contributed by atoms with Crippen LogP contribution in [-0.2, 0) is 10.5 Å². The highest BCUT2D eigenvalue weighted by Gasteiger charge is 2.39. The second-order valence-corrected chi connectivity index (χ2v) is 5.54. The van der Waals surface area contributed by atoms with E-state index in [9.17, 15) is 9.59 Å². The fourth-order valence-corrected chi connectivity index (χ4v) is 2.85. The Morgan fingerprint density at radius 1 is 1.53 bits per heavy atom. The van der Waals surface area contributed by atoms with Crippen molar-refractivity contribution in [3.8, 4) is 0 Å². The second kappa shape index (κ2) is 5.69. The third kappa shape index (κ3) is 2.78. The van der Waals surface area contributed by atoms with E-state index in [0.717, 1.165) is 11.5 Å². The van der Waals surface area contributed by atoms with Gasteiger partial charge >= 0.3 is 5.97 Å². The Bertz CT molecular complexity index is 485. The number of hydrogen-bond donors (Lipinski definition) is 1. The van der Waals surface area contributed by atoms with Crippen LogP contribution in [0.25, 0.3) is 0 Å². The van der Waals surface area contributed by atoms with Gasteiger partial charge in [-0.25, -0.2) is 0 Å². The van der Waals surface area contributed by atoms with Crippen LogP contribution < -0.4 is 0 Å². The van der Waals surface area contributed by atoms with E-state index < -0.39 is 11.9 Å². The van der Waals surface area contributed by atoms with Crippen LogP contribution in [0, 0.1) is 5.92 Å². The zero-order valence-corrected chi connectivity index (χ0v) is 11.8. The number of carboxylic acid groups (broad SMARTS) is 1. The lowest BCUT2D eigenvalue weighted by atomic mass is 10.0. The van der Waals surface area contributed by atoms with Crippen molar-refractivity contribution in [2.24, 2.45) is 5.92 Å². The van der Waals surface area contributed by atoms with Gasteiger partial charge in [0.2, 0.25) is 0 Å². The van der Waals surface area contributed by atoms with Crippen molar-refractivity contribution < 1.29 is 19.1 Å². The molecule has 19 heavy (non-hydrogen) atoms. The van der Waals surface area contributed by atoms with Crippen molar-refractivity contribution in [2.45, 2.75) is 25.1 Å². The van der Waals surface area contributed by atoms with Crippen LogP contribution in [0.4, 0.5) is 0 Å². The van der Waals surface area contributed by atoms with Crippen molar-refractivity contribution in [3.05, 3.63) is 23.7 Å². The van der Waals surface area contributed by atoms with Crippen LogP contribution >= 0.6 is 11.8 Å². The molecule has 1 aliphatic heterocycles. The van der Waals surface area contributed by atoms with Crippen LogP contribution in [0.3, 0.4) is 0 Å². The quantitative estimate of drug-likeness (QED) is 0.916. The number of nitrogens with zero attached hydrogens (tertiary/aromatic N) is 1. The largest absolute Gasteiger partial charge is 0.481 e. The summed E-state index contributed by atoms with van der Waals surface area (Å²) in [5.41, 5.74) is 0. The SMILES string of the molecule is CSCc1ccc(C(=O)N2CCC(C(=O)O)C2C)o1. The Morgan fingerprint density at radius 3 is 2.84 bits per heavy atom. The number of furan rings is 1. The topological polar surface area (TPSA) is 70.8 Å². The van der Waals surface area contributed by atoms with Crippen LogP contribution in [-0.4, -0.2) is 40.7 Å². The number of aliphatic carboxylic acids is 1. The standard InChI is InChI=1S/C13H17NO4S/c1-8-10(13(16)17)5-6-14(8)12(15)11-4-3-9(18-11)7-19-2/h3-4,8,10H,5-7H2,1-2H3,(H,16,17). The van der Waals surface area contributed by atoms with E-state index >= 15 is 0 Å². The van der Waals surface area contributed by atoms with Crippen molar-refractivity contribution >= 4 is 23.6 Å². The summed E-state index contributed by atoms with van der Waals surface area (Å²) in [5.74, 6) is 0.235. The highest BCUT2D eigenvalue weighted by atomic mass is 32.2. The van der Waals surface area contributed by atoms with Gasteiger partial charge in [-0.1, -0.05) is 0 Å². The van der Waals surface area contributed by atoms with E-state index in [-0.39, 0.29) is 11.9 Å². The van der Waals surface area contributed by atoms with Crippen LogP contribution in [0.2, 0.25) is 0 Å². The van der Waals surface area contributed by atoms with E-state index in [4.69, 9.17) is 9.52 Å². The molecule has 104 valence electrons. The zero-order chi connectivity index (χ0) is 14.0. The number of amides is 1. The molecule has 0 saturated carbocycles. The molecule has 6 heteroatoms. The summed E-state index contributed by atoms with van der Waals surface area (Å²) >= 11 is 1.62. The molecule has 2 atom stereocenters. The monoisotopic (exact) mass is 283 g/mol. The van der Waals surface area contributed by atoms with Gasteiger partial charge < -0.3 is 14.4 Å². The molecule has 1 amide bonds. The Hall–Kier alpha value is -1.43. The molecule has 0 radical (unpaired) electrons. The normalized spacial score (nSPS) is 22.7. The summed E-state index contributed by atoms with van der Waals surface area (Å²) in [6.07, 6.45) is 2.46. The van der Waals surface area contributed by atoms with Gasteiger partial charge in [-0.3, -0.25) is 9.59 Å². The Kier molecular flexibility index (Phi) is 4.19. The predicted molar refractivity (Wildman–Crippen MR) is 72.2 cm³/mol. The van der Waals surface area contributed by atoms with Crippen LogP contribution in [0.1, 0.15) is 29.7 Å². The maximum absolute atomic E-state index is 12.3. The number of carbonyl (C=O) groups is 2. The van der Waals surface area contributed by atoms with E-state index in [2.05, 4.69) is 0 Å². The maximum Gasteiger partial charge on any atom is 0.308 e. The molecule has 2 heterocycles. The number of rotatable bonds is 4. The summed E-state index contributed by atoms with van der Waals surface area (Å²) in [5, 5.41) is 9.06. The minimum Gasteiger partial charge on any atom is -0.481 e. The minimum atomic E-state index is -0.842. The lowest BCUT2D eigenvalue weighted by molar-refractivity contribution is -0.142. The van der Waals surface area contributed by atoms with Gasteiger partial charge in [0.05, 0.1) is 11.7 Å². The molecule has 0 bridgehead atoms. The second-order valence-electron chi connectivity index (χ2n) is 4.67. The van der Waals surface area contributed by atoms with E-state index in [1.54, 1.807) is 35.7 Å². The molecule has 1 aromatic heterocycles. The van der Waals surface area contributed by atoms with Gasteiger partial charge in [-0.2, -0.15) is 11.8 Å². The minimum absolute atomic E-state index is 0.219. The number of carbonyl (C=O) groups excluding carboxylic acids is 1. The first-order valence-electron chi connectivity index (χ1n) is 6.16. The first-order valence-corrected chi connectivity index (χ1v) is 7.55. The number of likely N-dealkylation sites (tertiary alicyclic amines) is 1. The Balaban J connectivity index is 2.09. The summed E-state index contributed by atoms with van der Waals surface area (Å²) in [6, 6.07) is 3.16. The molecule has 5 nitrogen and oxygen atoms in total. The average molecular weight is 283 g/mol. The first kappa shape index (κ1) is 14.0. The van der Waals surface area contributed by atoms with Gasteiger partial charge in [0, 0.05) is 12.6 Å². The summed E-state index contributed by atoms with van der Waals surface area (Å²) in [4.78, 5) is 24.9. The molecule has 1 aliphatic rings. The Morgan fingerprint density at radius 2 is 2.26 bits per heavy atom. The highest BCUT2D eigenvalue weighted by Crippen LogP contribution is 2.26. The lowest BCUT2D eigenvalue weighted by Crippen LogP contribution is -2.37. The van der Waals surface area contributed by atoms with Gasteiger partial charge in [0.25, 0.3) is 5.91 Å². The van der Waals surface area contributed by atoms with Crippen molar-refractivity contribution in [3.63, 3.8) is 0 Å². The molecular formula is C13H17NO4S. The third-order valence-corrected chi connectivity index (χ3v) is 4.07. The molecule has 1 saturated heterocycles. The summed E-state index contributed by atoms with van der Waals surface area (Å²) < 4.78 is 5.48. The number of carboxylic acids is 1. The fourth-order valence-electron chi connectivity index (χ4n) is 2.41. The van der Waals surface area contributed by atoms with Crippen molar-refractivity contribution in [2.75, 3.05) is 12.8 Å². The van der Waals surface area contributed by atoms with Crippen LogP contribution in [0.5, 0.6) is 0 Å². The highest BCUT2D eigenvalue weighted by molar-refractivity contribution is 7.97. The molecule has 2 rings (SSSR count). The van der Waals surface area contributed by atoms with E-state index in [1.165, 1.54) is 0 Å². The first-order chi connectivity index (χ1) is 9.04. The molecule has 0 aromatic carbocycles. The molecule has 1 N–H and O–H groups in total. The molecule has 1 aromatic rings. The smallest absolute Gasteiger partial charge is 0.308 e. The fraction of sp³-hybridized carbons (Fsp3) is 0.538. The molecule has 0 aliphatic carbocycles. The molecule has 1 fully saturated rings. The van der Waals surface area contributed by atoms with Crippen molar-refractivity contribution in [1.29, 1.82) is 0 Å². The zero-order valence-electron chi connectivity index (χ0n) is 11.0. The molecule has 0 spiro atoms. The third-order valence-electron chi connectivity index (χ3n) is 3.49. The van der Waals surface area contributed by atoms with Gasteiger partial charge in [0.1, 0.15) is 5.76 Å². The van der Waals surface area contributed by atoms with Crippen LogP contribution in [0.15, 0.2) is 16.5 Å². The lowest BCUT2D eigenvalue weighted by Gasteiger charge is -2.22. The Labute approximate surface area is 116 Å². The predicted octanol–water partition coefficient (Wildman–Crippen LogP) is 2.08. The molecular weight excluding hydrogens is 266 g/mol. The maximum atomic E-state index is 12.3. The number of thioether (sulfide) groups is 1. The van der Waals surface area contributed by atoms with E-state index in [0.29, 0.717) is 18.7 Å². The number of hydrogen-bond acceptors (Lipinski definition) is 4.